The lowest BCUT2D eigenvalue weighted by Crippen LogP contribution is -2.27. The summed E-state index contributed by atoms with van der Waals surface area (Å²) in [7, 11) is 0. The van der Waals surface area contributed by atoms with Gasteiger partial charge in [-0.05, 0) is 35.2 Å². The van der Waals surface area contributed by atoms with E-state index in [0.717, 1.165) is 16.5 Å². The van der Waals surface area contributed by atoms with E-state index in [4.69, 9.17) is 0 Å². The van der Waals surface area contributed by atoms with Crippen LogP contribution in [0.5, 0.6) is 0 Å². The molecule has 1 amide bonds. The molecule has 2 N–H and O–H groups in total. The van der Waals surface area contributed by atoms with Gasteiger partial charge in [0.25, 0.3) is 5.56 Å². The summed E-state index contributed by atoms with van der Waals surface area (Å²) in [6.07, 6.45) is 3.41. The number of hydrogen-bond donors (Lipinski definition) is 2. The zero-order valence-electron chi connectivity index (χ0n) is 11.9. The Morgan fingerprint density at radius 2 is 1.91 bits per heavy atom. The molecule has 0 radical (unpaired) electrons. The molecule has 0 aliphatic rings. The molecule has 0 bridgehead atoms. The van der Waals surface area contributed by atoms with Crippen LogP contribution in [0.2, 0.25) is 0 Å². The van der Waals surface area contributed by atoms with Crippen molar-refractivity contribution < 1.29 is 4.79 Å². The number of carbonyl (C=O) groups is 1. The summed E-state index contributed by atoms with van der Waals surface area (Å²) in [5.74, 6) is -0.183. The highest BCUT2D eigenvalue weighted by Gasteiger charge is 2.08. The average Bonchev–Trinajstić information content (AvgIpc) is 2.55. The van der Waals surface area contributed by atoms with E-state index >= 15 is 0 Å². The van der Waals surface area contributed by atoms with Gasteiger partial charge in [-0.3, -0.25) is 14.6 Å². The molecule has 3 rings (SSSR count). The van der Waals surface area contributed by atoms with Crippen LogP contribution in [0, 0.1) is 0 Å². The molecule has 2 heterocycles. The molecule has 5 nitrogen and oxygen atoms in total. The van der Waals surface area contributed by atoms with Crippen LogP contribution in [0.25, 0.3) is 10.9 Å². The van der Waals surface area contributed by atoms with Crippen molar-refractivity contribution in [3.63, 3.8) is 0 Å². The Hall–Kier alpha value is -2.95. The monoisotopic (exact) mass is 293 g/mol. The van der Waals surface area contributed by atoms with Crippen molar-refractivity contribution in [2.45, 2.75) is 13.0 Å². The molecule has 1 aromatic carbocycles. The number of rotatable bonds is 4. The van der Waals surface area contributed by atoms with Crippen molar-refractivity contribution in [2.24, 2.45) is 0 Å². The van der Waals surface area contributed by atoms with E-state index in [1.807, 2.05) is 36.4 Å². The van der Waals surface area contributed by atoms with Crippen molar-refractivity contribution in [3.05, 3.63) is 76.3 Å². The first-order valence-electron chi connectivity index (χ1n) is 6.99. The largest absolute Gasteiger partial charge is 0.352 e. The number of fused-ring (bicyclic) bond motifs is 1. The summed E-state index contributed by atoms with van der Waals surface area (Å²) in [4.78, 5) is 30.7. The zero-order chi connectivity index (χ0) is 15.4. The third-order valence-electron chi connectivity index (χ3n) is 3.42. The second-order valence-corrected chi connectivity index (χ2v) is 5.02. The van der Waals surface area contributed by atoms with Crippen LogP contribution in [0.15, 0.2) is 59.7 Å². The summed E-state index contributed by atoms with van der Waals surface area (Å²) in [6, 6.07) is 12.9. The van der Waals surface area contributed by atoms with Crippen LogP contribution in [0.3, 0.4) is 0 Å². The van der Waals surface area contributed by atoms with Crippen LogP contribution in [-0.4, -0.2) is 15.9 Å². The molecule has 0 saturated carbocycles. The van der Waals surface area contributed by atoms with Gasteiger partial charge in [0.1, 0.15) is 0 Å². The minimum Gasteiger partial charge on any atom is -0.352 e. The summed E-state index contributed by atoms with van der Waals surface area (Å²) in [5.41, 5.74) is 1.98. The number of aromatic nitrogens is 2. The second-order valence-electron chi connectivity index (χ2n) is 5.02. The van der Waals surface area contributed by atoms with Gasteiger partial charge >= 0.3 is 0 Å². The smallest absolute Gasteiger partial charge is 0.252 e. The fraction of sp³-hybridized carbons (Fsp3) is 0.118. The first-order chi connectivity index (χ1) is 10.7. The van der Waals surface area contributed by atoms with Crippen LogP contribution >= 0.6 is 0 Å². The van der Waals surface area contributed by atoms with E-state index in [1.165, 1.54) is 0 Å². The topological polar surface area (TPSA) is 74.8 Å². The number of amides is 1. The maximum Gasteiger partial charge on any atom is 0.252 e. The van der Waals surface area contributed by atoms with E-state index in [-0.39, 0.29) is 17.9 Å². The third kappa shape index (κ3) is 3.20. The number of nitrogens with zero attached hydrogens (tertiary/aromatic N) is 1. The van der Waals surface area contributed by atoms with Gasteiger partial charge in [-0.25, -0.2) is 0 Å². The van der Waals surface area contributed by atoms with E-state index in [1.54, 1.807) is 18.5 Å². The summed E-state index contributed by atoms with van der Waals surface area (Å²) >= 11 is 0. The van der Waals surface area contributed by atoms with Crippen molar-refractivity contribution in [2.75, 3.05) is 0 Å². The van der Waals surface area contributed by atoms with E-state index < -0.39 is 0 Å². The molecule has 0 atom stereocenters. The lowest BCUT2D eigenvalue weighted by Gasteiger charge is -2.06. The molecule has 2 aromatic heterocycles. The predicted octanol–water partition coefficient (Wildman–Crippen LogP) is 1.78. The van der Waals surface area contributed by atoms with E-state index in [2.05, 4.69) is 15.3 Å². The van der Waals surface area contributed by atoms with Gasteiger partial charge in [-0.1, -0.05) is 18.2 Å². The minimum absolute atomic E-state index is 0.0608. The lowest BCUT2D eigenvalue weighted by molar-refractivity contribution is -0.120. The standard InChI is InChI=1S/C17H15N3O2/c21-16(19-11-12-5-7-18-8-6-12)10-14-9-13-3-1-2-4-15(13)20-17(14)22/h1-9H,10-11H2,(H,19,21)(H,20,22). The van der Waals surface area contributed by atoms with Crippen LogP contribution < -0.4 is 10.9 Å². The molecule has 0 unspecified atom stereocenters. The number of hydrogen-bond acceptors (Lipinski definition) is 3. The lowest BCUT2D eigenvalue weighted by atomic mass is 10.1. The highest BCUT2D eigenvalue weighted by atomic mass is 16.2. The Morgan fingerprint density at radius 1 is 1.14 bits per heavy atom. The third-order valence-corrected chi connectivity index (χ3v) is 3.42. The predicted molar refractivity (Wildman–Crippen MR) is 84.4 cm³/mol. The molecule has 0 fully saturated rings. The zero-order valence-corrected chi connectivity index (χ0v) is 11.9. The van der Waals surface area contributed by atoms with Crippen molar-refractivity contribution in [3.8, 4) is 0 Å². The Kier molecular flexibility index (Phi) is 3.96. The summed E-state index contributed by atoms with van der Waals surface area (Å²) < 4.78 is 0. The maximum absolute atomic E-state index is 12.0. The molecule has 0 spiro atoms. The fourth-order valence-corrected chi connectivity index (χ4v) is 2.26. The van der Waals surface area contributed by atoms with Crippen LogP contribution in [0.1, 0.15) is 11.1 Å². The first kappa shape index (κ1) is 14.0. The number of nitrogens with one attached hydrogen (secondary N) is 2. The minimum atomic E-state index is -0.224. The number of aromatic amines is 1. The molecule has 5 heteroatoms. The number of benzene rings is 1. The SMILES string of the molecule is O=C(Cc1cc2ccccc2[nH]c1=O)NCc1ccncc1. The van der Waals surface area contributed by atoms with Gasteiger partial charge < -0.3 is 10.3 Å². The molecule has 0 saturated heterocycles. The maximum atomic E-state index is 12.0. The highest BCUT2D eigenvalue weighted by Crippen LogP contribution is 2.10. The molecule has 0 aliphatic carbocycles. The molecule has 110 valence electrons. The summed E-state index contributed by atoms with van der Waals surface area (Å²) in [6.45, 7) is 0.423. The Morgan fingerprint density at radius 3 is 2.73 bits per heavy atom. The Bertz CT molecular complexity index is 856. The van der Waals surface area contributed by atoms with Crippen LogP contribution in [-0.2, 0) is 17.8 Å². The van der Waals surface area contributed by atoms with E-state index in [9.17, 15) is 9.59 Å². The number of pyridine rings is 2. The van der Waals surface area contributed by atoms with Gasteiger partial charge in [0.15, 0.2) is 0 Å². The average molecular weight is 293 g/mol. The molecular weight excluding hydrogens is 278 g/mol. The van der Waals surface area contributed by atoms with Gasteiger partial charge in [0.05, 0.1) is 6.42 Å². The van der Waals surface area contributed by atoms with Crippen LogP contribution in [0.4, 0.5) is 0 Å². The van der Waals surface area contributed by atoms with Gasteiger partial charge in [0.2, 0.25) is 5.91 Å². The quantitative estimate of drug-likeness (QED) is 0.770. The second kappa shape index (κ2) is 6.22. The number of carbonyl (C=O) groups excluding carboxylic acids is 1. The van der Waals surface area contributed by atoms with Crippen molar-refractivity contribution >= 4 is 16.8 Å². The van der Waals surface area contributed by atoms with E-state index in [0.29, 0.717) is 12.1 Å². The molecule has 22 heavy (non-hydrogen) atoms. The fourth-order valence-electron chi connectivity index (χ4n) is 2.26. The molecule has 0 aliphatic heterocycles. The Labute approximate surface area is 127 Å². The number of H-pyrrole nitrogens is 1. The van der Waals surface area contributed by atoms with Crippen molar-refractivity contribution in [1.82, 2.24) is 15.3 Å². The highest BCUT2D eigenvalue weighted by molar-refractivity contribution is 5.82. The van der Waals surface area contributed by atoms with Crippen molar-refractivity contribution in [1.29, 1.82) is 0 Å². The van der Waals surface area contributed by atoms with Gasteiger partial charge in [-0.15, -0.1) is 0 Å². The number of para-hydroxylation sites is 1. The molecular formula is C17H15N3O2. The molecule has 3 aromatic rings. The summed E-state index contributed by atoms with van der Waals surface area (Å²) in [5, 5.41) is 3.72. The van der Waals surface area contributed by atoms with Gasteiger partial charge in [-0.2, -0.15) is 0 Å². The van der Waals surface area contributed by atoms with Gasteiger partial charge in [0, 0.05) is 30.0 Å². The Balaban J connectivity index is 1.71. The normalized spacial score (nSPS) is 10.5. The first-order valence-corrected chi connectivity index (χ1v) is 6.99.